The number of nitrogens with one attached hydrogen (secondary N) is 3. The summed E-state index contributed by atoms with van der Waals surface area (Å²) in [7, 11) is 0. The number of hydrogen-bond donors (Lipinski definition) is 4. The molecule has 1 fully saturated rings. The third kappa shape index (κ3) is 7.87. The van der Waals surface area contributed by atoms with Gasteiger partial charge >= 0.3 is 6.03 Å². The minimum absolute atomic E-state index is 0.0730. The van der Waals surface area contributed by atoms with E-state index in [2.05, 4.69) is 21.8 Å². The normalized spacial score (nSPS) is 21.0. The van der Waals surface area contributed by atoms with Gasteiger partial charge in [-0.15, -0.1) is 0 Å². The van der Waals surface area contributed by atoms with Gasteiger partial charge in [0, 0.05) is 19.0 Å². The predicted octanol–water partition coefficient (Wildman–Crippen LogP) is 0.0767. The van der Waals surface area contributed by atoms with Crippen molar-refractivity contribution in [1.29, 1.82) is 0 Å². The van der Waals surface area contributed by atoms with Gasteiger partial charge in [0.2, 0.25) is 5.91 Å². The summed E-state index contributed by atoms with van der Waals surface area (Å²) >= 11 is 0. The number of hydrogen-bond acceptors (Lipinski definition) is 3. The van der Waals surface area contributed by atoms with Gasteiger partial charge in [-0.1, -0.05) is 12.8 Å². The molecule has 122 valence electrons. The number of carbonyl (C=O) groups is 2. The van der Waals surface area contributed by atoms with Gasteiger partial charge in [0.05, 0.1) is 6.04 Å². The van der Waals surface area contributed by atoms with E-state index in [1.807, 2.05) is 6.92 Å². The standard InChI is InChI=1S/C14H28N4O3/c1-11-12(18-14(20)17-11)7-3-2-4-8-13(19)16-9-5-6-10-21-15/h11-12H,2-10H2,1,15H3,(H2-,16,17,18,19,20)/p+1. The van der Waals surface area contributed by atoms with Gasteiger partial charge in [-0.2, -0.15) is 0 Å². The van der Waals surface area contributed by atoms with Crippen LogP contribution in [-0.4, -0.2) is 37.2 Å². The average Bonchev–Trinajstić information content (AvgIpc) is 2.76. The summed E-state index contributed by atoms with van der Waals surface area (Å²) in [6.07, 6.45) is 6.34. The van der Waals surface area contributed by atoms with E-state index in [0.29, 0.717) is 19.6 Å². The Labute approximate surface area is 126 Å². The molecule has 21 heavy (non-hydrogen) atoms. The van der Waals surface area contributed by atoms with Crippen LogP contribution >= 0.6 is 0 Å². The van der Waals surface area contributed by atoms with Crippen molar-refractivity contribution in [3.63, 3.8) is 0 Å². The summed E-state index contributed by atoms with van der Waals surface area (Å²) in [5.41, 5.74) is 0. The molecule has 2 unspecified atom stereocenters. The summed E-state index contributed by atoms with van der Waals surface area (Å²) in [6.45, 7) is 3.36. The first-order valence-electron chi connectivity index (χ1n) is 7.84. The molecule has 0 spiro atoms. The summed E-state index contributed by atoms with van der Waals surface area (Å²) in [5.74, 6) is 3.42. The smallest absolute Gasteiger partial charge is 0.315 e. The van der Waals surface area contributed by atoms with E-state index >= 15 is 0 Å². The molecule has 0 radical (unpaired) electrons. The van der Waals surface area contributed by atoms with Crippen molar-refractivity contribution < 1.29 is 20.3 Å². The quantitative estimate of drug-likeness (QED) is 0.320. The molecule has 1 saturated heterocycles. The molecule has 7 heteroatoms. The summed E-state index contributed by atoms with van der Waals surface area (Å²) in [6, 6.07) is 0.348. The molecule has 1 heterocycles. The minimum Gasteiger partial charge on any atom is -0.356 e. The van der Waals surface area contributed by atoms with Crippen molar-refractivity contribution in [2.24, 2.45) is 0 Å². The van der Waals surface area contributed by atoms with Crippen molar-refractivity contribution in [1.82, 2.24) is 16.0 Å². The number of rotatable bonds is 11. The molecule has 0 aliphatic carbocycles. The molecule has 0 bridgehead atoms. The number of quaternary nitrogens is 1. The largest absolute Gasteiger partial charge is 0.356 e. The predicted molar refractivity (Wildman–Crippen MR) is 79.1 cm³/mol. The van der Waals surface area contributed by atoms with E-state index in [9.17, 15) is 9.59 Å². The van der Waals surface area contributed by atoms with Crippen LogP contribution in [0.2, 0.25) is 0 Å². The lowest BCUT2D eigenvalue weighted by Crippen LogP contribution is -2.49. The van der Waals surface area contributed by atoms with Crippen LogP contribution in [0.25, 0.3) is 0 Å². The highest BCUT2D eigenvalue weighted by atomic mass is 16.6. The second-order valence-corrected chi connectivity index (χ2v) is 5.58. The average molecular weight is 301 g/mol. The van der Waals surface area contributed by atoms with Crippen LogP contribution in [0.3, 0.4) is 0 Å². The zero-order valence-corrected chi connectivity index (χ0v) is 13.0. The Morgan fingerprint density at radius 1 is 1.24 bits per heavy atom. The van der Waals surface area contributed by atoms with Gasteiger partial charge in [-0.25, -0.2) is 15.5 Å². The van der Waals surface area contributed by atoms with E-state index in [1.54, 1.807) is 0 Å². The Kier molecular flexibility index (Phi) is 8.77. The molecule has 0 aromatic carbocycles. The Morgan fingerprint density at radius 3 is 2.71 bits per heavy atom. The lowest BCUT2D eigenvalue weighted by molar-refractivity contribution is -0.689. The van der Waals surface area contributed by atoms with Gasteiger partial charge in [0.25, 0.3) is 0 Å². The molecule has 1 aliphatic heterocycles. The first kappa shape index (κ1) is 17.7. The molecule has 6 N–H and O–H groups in total. The Bertz CT molecular complexity index is 325. The molecular formula is C14H29N4O3+. The van der Waals surface area contributed by atoms with Gasteiger partial charge in [-0.3, -0.25) is 4.79 Å². The van der Waals surface area contributed by atoms with Gasteiger partial charge in [0.1, 0.15) is 6.61 Å². The zero-order chi connectivity index (χ0) is 15.5. The molecule has 2 atom stereocenters. The van der Waals surface area contributed by atoms with Gasteiger partial charge in [0.15, 0.2) is 0 Å². The molecule has 0 saturated carbocycles. The van der Waals surface area contributed by atoms with Crippen molar-refractivity contribution in [3.05, 3.63) is 0 Å². The van der Waals surface area contributed by atoms with Crippen molar-refractivity contribution in [2.45, 2.75) is 64.0 Å². The van der Waals surface area contributed by atoms with E-state index < -0.39 is 0 Å². The van der Waals surface area contributed by atoms with Crippen LogP contribution in [0.1, 0.15) is 51.9 Å². The zero-order valence-electron chi connectivity index (χ0n) is 13.0. The maximum Gasteiger partial charge on any atom is 0.315 e. The number of amides is 3. The Hall–Kier alpha value is -1.34. The summed E-state index contributed by atoms with van der Waals surface area (Å²) in [4.78, 5) is 27.4. The van der Waals surface area contributed by atoms with E-state index in [1.165, 1.54) is 0 Å². The second-order valence-electron chi connectivity index (χ2n) is 5.58. The van der Waals surface area contributed by atoms with Crippen LogP contribution in [0.15, 0.2) is 0 Å². The van der Waals surface area contributed by atoms with E-state index in [0.717, 1.165) is 38.5 Å². The van der Waals surface area contributed by atoms with Crippen LogP contribution in [0, 0.1) is 0 Å². The highest BCUT2D eigenvalue weighted by Crippen LogP contribution is 2.11. The van der Waals surface area contributed by atoms with Crippen molar-refractivity contribution >= 4 is 11.9 Å². The lowest BCUT2D eigenvalue weighted by atomic mass is 10.0. The number of carbonyl (C=O) groups excluding carboxylic acids is 2. The van der Waals surface area contributed by atoms with Crippen molar-refractivity contribution in [3.8, 4) is 0 Å². The fourth-order valence-electron chi connectivity index (χ4n) is 2.44. The van der Waals surface area contributed by atoms with Crippen LogP contribution < -0.4 is 21.8 Å². The lowest BCUT2D eigenvalue weighted by Gasteiger charge is -2.13. The van der Waals surface area contributed by atoms with Gasteiger partial charge in [-0.05, 0) is 32.6 Å². The van der Waals surface area contributed by atoms with Crippen molar-refractivity contribution in [2.75, 3.05) is 13.2 Å². The number of unbranched alkanes of at least 4 members (excludes halogenated alkanes) is 3. The maximum absolute atomic E-state index is 11.6. The van der Waals surface area contributed by atoms with E-state index in [4.69, 9.17) is 4.84 Å². The third-order valence-electron chi connectivity index (χ3n) is 3.74. The fraction of sp³-hybridized carbons (Fsp3) is 0.857. The van der Waals surface area contributed by atoms with Gasteiger partial charge < -0.3 is 16.0 Å². The Balaban J connectivity index is 1.91. The third-order valence-corrected chi connectivity index (χ3v) is 3.74. The molecule has 7 nitrogen and oxygen atoms in total. The molecule has 0 aromatic rings. The highest BCUT2D eigenvalue weighted by Gasteiger charge is 2.26. The number of urea groups is 1. The van der Waals surface area contributed by atoms with Crippen LogP contribution in [0.4, 0.5) is 4.79 Å². The summed E-state index contributed by atoms with van der Waals surface area (Å²) in [5, 5.41) is 8.65. The monoisotopic (exact) mass is 301 g/mol. The first-order chi connectivity index (χ1) is 10.1. The van der Waals surface area contributed by atoms with Crippen LogP contribution in [-0.2, 0) is 9.63 Å². The highest BCUT2D eigenvalue weighted by molar-refractivity contribution is 5.77. The molecule has 1 rings (SSSR count). The molecule has 3 amide bonds. The maximum atomic E-state index is 11.6. The minimum atomic E-state index is -0.0730. The molecular weight excluding hydrogens is 272 g/mol. The topological polar surface area (TPSA) is 107 Å². The second kappa shape index (κ2) is 10.4. The molecule has 1 aliphatic rings. The first-order valence-corrected chi connectivity index (χ1v) is 7.84. The SMILES string of the molecule is CC1NC(=O)NC1CCCCCC(=O)NCCCCO[NH3+]. The summed E-state index contributed by atoms with van der Waals surface area (Å²) < 4.78 is 0. The fourth-order valence-corrected chi connectivity index (χ4v) is 2.44. The molecule has 0 aromatic heterocycles. The van der Waals surface area contributed by atoms with Crippen LogP contribution in [0.5, 0.6) is 0 Å². The van der Waals surface area contributed by atoms with E-state index in [-0.39, 0.29) is 24.0 Å². The Morgan fingerprint density at radius 2 is 2.05 bits per heavy atom.